The highest BCUT2D eigenvalue weighted by atomic mass is 79.9. The first-order chi connectivity index (χ1) is 9.62. The van der Waals surface area contributed by atoms with Crippen molar-refractivity contribution in [2.75, 3.05) is 6.54 Å². The van der Waals surface area contributed by atoms with Crippen LogP contribution >= 0.6 is 28.3 Å². The molecule has 1 aliphatic carbocycles. The second-order valence-corrected chi connectivity index (χ2v) is 6.97. The summed E-state index contributed by atoms with van der Waals surface area (Å²) in [5, 5.41) is 6.71. The highest BCUT2D eigenvalue weighted by Gasteiger charge is 2.51. The van der Waals surface area contributed by atoms with E-state index in [2.05, 4.69) is 45.6 Å². The maximum absolute atomic E-state index is 12.7. The van der Waals surface area contributed by atoms with E-state index in [1.807, 2.05) is 12.1 Å². The Labute approximate surface area is 140 Å². The smallest absolute Gasteiger partial charge is 0.230 e. The maximum atomic E-state index is 12.7. The zero-order chi connectivity index (χ0) is 14.2. The molecule has 3 nitrogen and oxygen atoms in total. The second kappa shape index (κ2) is 6.67. The summed E-state index contributed by atoms with van der Waals surface area (Å²) in [7, 11) is 0. The van der Waals surface area contributed by atoms with Crippen molar-refractivity contribution in [3.8, 4) is 0 Å². The molecule has 2 atom stereocenters. The Hall–Kier alpha value is -0.580. The molecule has 2 fully saturated rings. The minimum Gasteiger partial charge on any atom is -0.351 e. The Balaban J connectivity index is 0.00000161. The van der Waals surface area contributed by atoms with Gasteiger partial charge in [-0.3, -0.25) is 4.79 Å². The Morgan fingerprint density at radius 2 is 2.00 bits per heavy atom. The standard InChI is InChI=1S/C16H21BrN2O.ClH/c1-11-14(3-2-10-18-11)19-15(20)16(8-9-16)12-4-6-13(17)7-5-12;/h4-7,11,14,18H,2-3,8-10H2,1H3,(H,19,20);1H. The lowest BCUT2D eigenvalue weighted by Crippen LogP contribution is -2.53. The average molecular weight is 374 g/mol. The van der Waals surface area contributed by atoms with Crippen LogP contribution in [0.25, 0.3) is 0 Å². The molecule has 2 N–H and O–H groups in total. The van der Waals surface area contributed by atoms with Crippen LogP contribution in [0.4, 0.5) is 0 Å². The average Bonchev–Trinajstić information content (AvgIpc) is 3.24. The Morgan fingerprint density at radius 1 is 1.33 bits per heavy atom. The van der Waals surface area contributed by atoms with E-state index in [1.165, 1.54) is 0 Å². The van der Waals surface area contributed by atoms with Crippen molar-refractivity contribution in [1.29, 1.82) is 0 Å². The van der Waals surface area contributed by atoms with E-state index in [-0.39, 0.29) is 29.8 Å². The zero-order valence-corrected chi connectivity index (χ0v) is 14.6. The summed E-state index contributed by atoms with van der Waals surface area (Å²) in [6.45, 7) is 3.22. The fourth-order valence-corrected chi connectivity index (χ4v) is 3.35. The van der Waals surface area contributed by atoms with Crippen LogP contribution in [0.2, 0.25) is 0 Å². The van der Waals surface area contributed by atoms with E-state index in [9.17, 15) is 4.79 Å². The summed E-state index contributed by atoms with van der Waals surface area (Å²) in [4.78, 5) is 12.7. The summed E-state index contributed by atoms with van der Waals surface area (Å²) in [5.41, 5.74) is 0.882. The molecule has 5 heteroatoms. The first-order valence-electron chi connectivity index (χ1n) is 7.42. The first-order valence-corrected chi connectivity index (χ1v) is 8.21. The van der Waals surface area contributed by atoms with Gasteiger partial charge in [-0.15, -0.1) is 12.4 Å². The van der Waals surface area contributed by atoms with Crippen LogP contribution in [-0.2, 0) is 10.2 Å². The molecular formula is C16H22BrClN2O. The van der Waals surface area contributed by atoms with Gasteiger partial charge in [0.1, 0.15) is 0 Å². The lowest BCUT2D eigenvalue weighted by molar-refractivity contribution is -0.124. The lowest BCUT2D eigenvalue weighted by Gasteiger charge is -2.32. The van der Waals surface area contributed by atoms with Gasteiger partial charge in [-0.25, -0.2) is 0 Å². The van der Waals surface area contributed by atoms with Crippen LogP contribution in [-0.4, -0.2) is 24.5 Å². The third-order valence-electron chi connectivity index (χ3n) is 4.66. The number of carbonyl (C=O) groups excluding carboxylic acids is 1. The number of nitrogens with one attached hydrogen (secondary N) is 2. The minimum atomic E-state index is -0.266. The topological polar surface area (TPSA) is 41.1 Å². The Morgan fingerprint density at radius 3 is 2.57 bits per heavy atom. The van der Waals surface area contributed by atoms with Gasteiger partial charge in [-0.1, -0.05) is 28.1 Å². The van der Waals surface area contributed by atoms with Crippen LogP contribution in [0, 0.1) is 0 Å². The van der Waals surface area contributed by atoms with Gasteiger partial charge in [0, 0.05) is 16.6 Å². The largest absolute Gasteiger partial charge is 0.351 e. The number of hydrogen-bond donors (Lipinski definition) is 2. The van der Waals surface area contributed by atoms with Gasteiger partial charge < -0.3 is 10.6 Å². The number of piperidine rings is 1. The SMILES string of the molecule is CC1NCCCC1NC(=O)C1(c2ccc(Br)cc2)CC1.Cl. The van der Waals surface area contributed by atoms with Crippen molar-refractivity contribution >= 4 is 34.2 Å². The van der Waals surface area contributed by atoms with Crippen molar-refractivity contribution in [2.24, 2.45) is 0 Å². The fourth-order valence-electron chi connectivity index (χ4n) is 3.09. The molecule has 0 radical (unpaired) electrons. The van der Waals surface area contributed by atoms with Crippen molar-refractivity contribution in [3.05, 3.63) is 34.3 Å². The molecule has 1 heterocycles. The summed E-state index contributed by atoms with van der Waals surface area (Å²) < 4.78 is 1.06. The molecule has 1 aliphatic heterocycles. The molecule has 2 aliphatic rings. The van der Waals surface area contributed by atoms with Gasteiger partial charge in [0.15, 0.2) is 0 Å². The highest BCUT2D eigenvalue weighted by Crippen LogP contribution is 2.48. The maximum Gasteiger partial charge on any atom is 0.230 e. The van der Waals surface area contributed by atoms with E-state index in [1.54, 1.807) is 0 Å². The molecule has 1 saturated heterocycles. The van der Waals surface area contributed by atoms with Crippen LogP contribution < -0.4 is 10.6 Å². The second-order valence-electron chi connectivity index (χ2n) is 6.05. The van der Waals surface area contributed by atoms with Crippen LogP contribution in [0.1, 0.15) is 38.2 Å². The van der Waals surface area contributed by atoms with Crippen molar-refractivity contribution in [2.45, 2.75) is 50.1 Å². The van der Waals surface area contributed by atoms with Gasteiger partial charge in [0.2, 0.25) is 5.91 Å². The lowest BCUT2D eigenvalue weighted by atomic mass is 9.93. The van der Waals surface area contributed by atoms with E-state index in [0.717, 1.165) is 42.3 Å². The molecule has 0 bridgehead atoms. The molecule has 2 unspecified atom stereocenters. The van der Waals surface area contributed by atoms with Gasteiger partial charge >= 0.3 is 0 Å². The van der Waals surface area contributed by atoms with E-state index < -0.39 is 0 Å². The fraction of sp³-hybridized carbons (Fsp3) is 0.562. The molecule has 1 aromatic carbocycles. The third-order valence-corrected chi connectivity index (χ3v) is 5.19. The predicted molar refractivity (Wildman–Crippen MR) is 90.9 cm³/mol. The van der Waals surface area contributed by atoms with Crippen molar-refractivity contribution < 1.29 is 4.79 Å². The third kappa shape index (κ3) is 3.43. The summed E-state index contributed by atoms with van der Waals surface area (Å²) >= 11 is 3.45. The molecule has 0 aromatic heterocycles. The van der Waals surface area contributed by atoms with Gasteiger partial charge in [-0.05, 0) is 56.8 Å². The van der Waals surface area contributed by atoms with E-state index in [0.29, 0.717) is 6.04 Å². The normalized spacial score (nSPS) is 26.6. The van der Waals surface area contributed by atoms with Crippen molar-refractivity contribution in [1.82, 2.24) is 10.6 Å². The summed E-state index contributed by atoms with van der Waals surface area (Å²) in [5.74, 6) is 0.209. The van der Waals surface area contributed by atoms with E-state index in [4.69, 9.17) is 0 Å². The minimum absolute atomic E-state index is 0. The van der Waals surface area contributed by atoms with Gasteiger partial charge in [0.25, 0.3) is 0 Å². The molecule has 21 heavy (non-hydrogen) atoms. The first kappa shape index (κ1) is 16.8. The zero-order valence-electron chi connectivity index (χ0n) is 12.2. The summed E-state index contributed by atoms with van der Waals surface area (Å²) in [6, 6.07) is 8.82. The number of benzene rings is 1. The molecule has 116 valence electrons. The van der Waals surface area contributed by atoms with Gasteiger partial charge in [0.05, 0.1) is 5.41 Å². The molecule has 1 aromatic rings. The van der Waals surface area contributed by atoms with E-state index >= 15 is 0 Å². The quantitative estimate of drug-likeness (QED) is 0.854. The summed E-state index contributed by atoms with van der Waals surface area (Å²) in [6.07, 6.45) is 4.15. The van der Waals surface area contributed by atoms with Crippen LogP contribution in [0.5, 0.6) is 0 Å². The Bertz CT molecular complexity index is 502. The molecule has 1 amide bonds. The van der Waals surface area contributed by atoms with Gasteiger partial charge in [-0.2, -0.15) is 0 Å². The highest BCUT2D eigenvalue weighted by molar-refractivity contribution is 9.10. The number of halogens is 2. The molecule has 0 spiro atoms. The van der Waals surface area contributed by atoms with Crippen molar-refractivity contribution in [3.63, 3.8) is 0 Å². The Kier molecular flexibility index (Phi) is 5.33. The monoisotopic (exact) mass is 372 g/mol. The number of hydrogen-bond acceptors (Lipinski definition) is 2. The van der Waals surface area contributed by atoms with Crippen LogP contribution in [0.15, 0.2) is 28.7 Å². The number of carbonyl (C=O) groups is 1. The van der Waals surface area contributed by atoms with Crippen LogP contribution in [0.3, 0.4) is 0 Å². The number of amides is 1. The number of rotatable bonds is 3. The molecule has 1 saturated carbocycles. The predicted octanol–water partition coefficient (Wildman–Crippen LogP) is 3.16. The molecule has 3 rings (SSSR count). The molecular weight excluding hydrogens is 352 g/mol.